The van der Waals surface area contributed by atoms with Crippen molar-refractivity contribution in [3.63, 3.8) is 0 Å². The van der Waals surface area contributed by atoms with E-state index in [9.17, 15) is 4.79 Å². The summed E-state index contributed by atoms with van der Waals surface area (Å²) >= 11 is 0. The maximum atomic E-state index is 11.7. The number of amides is 1. The summed E-state index contributed by atoms with van der Waals surface area (Å²) in [6, 6.07) is 7.87. The maximum absolute atomic E-state index is 11.7. The van der Waals surface area contributed by atoms with Gasteiger partial charge in [0, 0.05) is 31.1 Å². The van der Waals surface area contributed by atoms with E-state index in [0.29, 0.717) is 19.5 Å². The molecule has 4 nitrogen and oxygen atoms in total. The Hall–Kier alpha value is -1.75. The van der Waals surface area contributed by atoms with Crippen LogP contribution >= 0.6 is 0 Å². The Bertz CT molecular complexity index is 529. The van der Waals surface area contributed by atoms with Gasteiger partial charge in [-0.05, 0) is 30.2 Å². The third kappa shape index (κ3) is 5.48. The Balaban J connectivity index is 0.00000200. The highest BCUT2D eigenvalue weighted by molar-refractivity contribution is 5.75. The minimum absolute atomic E-state index is 0. The van der Waals surface area contributed by atoms with Gasteiger partial charge in [-0.15, -0.1) is 0 Å². The van der Waals surface area contributed by atoms with Crippen LogP contribution in [0.5, 0.6) is 0 Å². The molecule has 0 spiro atoms. The molecule has 0 saturated carbocycles. The van der Waals surface area contributed by atoms with Gasteiger partial charge < -0.3 is 22.3 Å². The average molecular weight is 336 g/mol. The van der Waals surface area contributed by atoms with E-state index in [4.69, 9.17) is 0 Å². The van der Waals surface area contributed by atoms with Crippen molar-refractivity contribution in [2.45, 2.75) is 26.4 Å². The molecule has 5 heteroatoms. The molecular formula is C15H18BrN3O. The van der Waals surface area contributed by atoms with Crippen LogP contribution in [-0.2, 0) is 17.9 Å². The highest BCUT2D eigenvalue weighted by Gasteiger charge is 2.06. The van der Waals surface area contributed by atoms with E-state index >= 15 is 0 Å². The summed E-state index contributed by atoms with van der Waals surface area (Å²) in [5.41, 5.74) is 2.28. The van der Waals surface area contributed by atoms with Crippen LogP contribution in [0, 0.1) is 6.92 Å². The van der Waals surface area contributed by atoms with Gasteiger partial charge in [0.25, 0.3) is 0 Å². The SMILES string of the molecule is Cc1cc[n+](CCC(=O)NCc2ccncc2)cc1.[Br-]. The highest BCUT2D eigenvalue weighted by atomic mass is 79.9. The zero-order valence-corrected chi connectivity index (χ0v) is 13.0. The lowest BCUT2D eigenvalue weighted by Crippen LogP contribution is -3.00. The van der Waals surface area contributed by atoms with Gasteiger partial charge in [-0.3, -0.25) is 9.78 Å². The van der Waals surface area contributed by atoms with Crippen LogP contribution in [0.1, 0.15) is 17.5 Å². The fraction of sp³-hybridized carbons (Fsp3) is 0.267. The van der Waals surface area contributed by atoms with E-state index in [2.05, 4.69) is 10.3 Å². The Morgan fingerprint density at radius 3 is 2.50 bits per heavy atom. The third-order valence-electron chi connectivity index (χ3n) is 2.89. The number of nitrogens with zero attached hydrogens (tertiary/aromatic N) is 2. The molecule has 2 rings (SSSR count). The van der Waals surface area contributed by atoms with Crippen LogP contribution in [0.3, 0.4) is 0 Å². The number of carbonyl (C=O) groups excluding carboxylic acids is 1. The van der Waals surface area contributed by atoms with E-state index in [1.54, 1.807) is 12.4 Å². The van der Waals surface area contributed by atoms with E-state index in [1.165, 1.54) is 5.56 Å². The first-order chi connectivity index (χ1) is 9.24. The third-order valence-corrected chi connectivity index (χ3v) is 2.89. The smallest absolute Gasteiger partial charge is 0.226 e. The van der Waals surface area contributed by atoms with Crippen LogP contribution in [0.25, 0.3) is 0 Å². The van der Waals surface area contributed by atoms with Crippen molar-refractivity contribution in [2.75, 3.05) is 0 Å². The molecule has 0 aliphatic heterocycles. The lowest BCUT2D eigenvalue weighted by molar-refractivity contribution is -0.695. The highest BCUT2D eigenvalue weighted by Crippen LogP contribution is 1.95. The number of hydrogen-bond donors (Lipinski definition) is 1. The van der Waals surface area contributed by atoms with Crippen molar-refractivity contribution in [1.29, 1.82) is 0 Å². The van der Waals surface area contributed by atoms with Gasteiger partial charge in [-0.25, -0.2) is 4.57 Å². The largest absolute Gasteiger partial charge is 1.00 e. The minimum Gasteiger partial charge on any atom is -1.00 e. The number of carbonyl (C=O) groups is 1. The molecule has 2 heterocycles. The molecule has 0 saturated heterocycles. The van der Waals surface area contributed by atoms with Crippen molar-refractivity contribution >= 4 is 5.91 Å². The second-order valence-electron chi connectivity index (χ2n) is 4.50. The average Bonchev–Trinajstić information content (AvgIpc) is 2.45. The van der Waals surface area contributed by atoms with Gasteiger partial charge in [0.1, 0.15) is 0 Å². The number of aromatic nitrogens is 2. The predicted octanol–water partition coefficient (Wildman–Crippen LogP) is -1.61. The van der Waals surface area contributed by atoms with Gasteiger partial charge in [-0.2, -0.15) is 0 Å². The molecule has 0 aliphatic carbocycles. The number of halogens is 1. The number of aryl methyl sites for hydroxylation is 2. The fourth-order valence-corrected chi connectivity index (χ4v) is 1.70. The zero-order chi connectivity index (χ0) is 13.5. The Labute approximate surface area is 129 Å². The Kier molecular flexibility index (Phi) is 6.87. The summed E-state index contributed by atoms with van der Waals surface area (Å²) in [6.07, 6.45) is 7.92. The lowest BCUT2D eigenvalue weighted by atomic mass is 10.2. The molecule has 0 aromatic carbocycles. The molecule has 0 bridgehead atoms. The van der Waals surface area contributed by atoms with Gasteiger partial charge in [0.15, 0.2) is 18.9 Å². The van der Waals surface area contributed by atoms with Crippen LogP contribution in [-0.4, -0.2) is 10.9 Å². The standard InChI is InChI=1S/C15H17N3O.BrH/c1-13-4-9-18(10-5-13)11-6-15(19)17-12-14-2-7-16-8-3-14;/h2-5,7-10H,6,11-12H2,1H3;1H. The summed E-state index contributed by atoms with van der Waals surface area (Å²) < 4.78 is 2.01. The molecule has 2 aromatic heterocycles. The number of hydrogen-bond acceptors (Lipinski definition) is 2. The van der Waals surface area contributed by atoms with Crippen molar-refractivity contribution in [3.05, 3.63) is 60.2 Å². The lowest BCUT2D eigenvalue weighted by Gasteiger charge is -2.03. The molecule has 0 atom stereocenters. The molecule has 0 aliphatic rings. The summed E-state index contributed by atoms with van der Waals surface area (Å²) in [5, 5.41) is 2.90. The number of rotatable bonds is 5. The van der Waals surface area contributed by atoms with E-state index in [1.807, 2.05) is 48.1 Å². The maximum Gasteiger partial charge on any atom is 0.226 e. The molecule has 20 heavy (non-hydrogen) atoms. The van der Waals surface area contributed by atoms with Crippen molar-refractivity contribution in [2.24, 2.45) is 0 Å². The van der Waals surface area contributed by atoms with Gasteiger partial charge >= 0.3 is 0 Å². The number of pyridine rings is 2. The van der Waals surface area contributed by atoms with Crippen LogP contribution in [0.2, 0.25) is 0 Å². The van der Waals surface area contributed by atoms with Crippen molar-refractivity contribution < 1.29 is 26.3 Å². The monoisotopic (exact) mass is 335 g/mol. The minimum atomic E-state index is 0. The van der Waals surface area contributed by atoms with Crippen LogP contribution in [0.4, 0.5) is 0 Å². The second kappa shape index (κ2) is 8.43. The Morgan fingerprint density at radius 2 is 1.85 bits per heavy atom. The second-order valence-corrected chi connectivity index (χ2v) is 4.50. The molecule has 0 fully saturated rings. The van der Waals surface area contributed by atoms with E-state index < -0.39 is 0 Å². The molecule has 1 amide bonds. The molecular weight excluding hydrogens is 318 g/mol. The molecule has 0 unspecified atom stereocenters. The summed E-state index contributed by atoms with van der Waals surface area (Å²) in [5.74, 6) is 0.0601. The van der Waals surface area contributed by atoms with Crippen LogP contribution < -0.4 is 26.9 Å². The first-order valence-electron chi connectivity index (χ1n) is 6.35. The number of nitrogens with one attached hydrogen (secondary N) is 1. The predicted molar refractivity (Wildman–Crippen MR) is 72.1 cm³/mol. The molecule has 106 valence electrons. The topological polar surface area (TPSA) is 45.9 Å². The van der Waals surface area contributed by atoms with E-state index in [0.717, 1.165) is 5.56 Å². The Morgan fingerprint density at radius 1 is 1.20 bits per heavy atom. The summed E-state index contributed by atoms with van der Waals surface area (Å²) in [4.78, 5) is 15.7. The van der Waals surface area contributed by atoms with Gasteiger partial charge in [0.05, 0.1) is 6.42 Å². The molecule has 2 aromatic rings. The van der Waals surface area contributed by atoms with Crippen molar-refractivity contribution in [3.8, 4) is 0 Å². The molecule has 1 N–H and O–H groups in total. The normalized spacial score (nSPS) is 9.65. The van der Waals surface area contributed by atoms with Gasteiger partial charge in [0.2, 0.25) is 5.91 Å². The van der Waals surface area contributed by atoms with Crippen molar-refractivity contribution in [1.82, 2.24) is 10.3 Å². The van der Waals surface area contributed by atoms with Gasteiger partial charge in [-0.1, -0.05) is 0 Å². The first-order valence-corrected chi connectivity index (χ1v) is 6.35. The zero-order valence-electron chi connectivity index (χ0n) is 11.4. The first kappa shape index (κ1) is 16.3. The fourth-order valence-electron chi connectivity index (χ4n) is 1.70. The summed E-state index contributed by atoms with van der Waals surface area (Å²) in [6.45, 7) is 3.30. The quantitative estimate of drug-likeness (QED) is 0.668. The van der Waals surface area contributed by atoms with Crippen LogP contribution in [0.15, 0.2) is 49.1 Å². The van der Waals surface area contributed by atoms with E-state index in [-0.39, 0.29) is 22.9 Å². The molecule has 0 radical (unpaired) electrons. The summed E-state index contributed by atoms with van der Waals surface area (Å²) in [7, 11) is 0.